The van der Waals surface area contributed by atoms with E-state index in [4.69, 9.17) is 5.73 Å². The quantitative estimate of drug-likeness (QED) is 0.460. The van der Waals surface area contributed by atoms with Gasteiger partial charge >= 0.3 is 0 Å². The maximum Gasteiger partial charge on any atom is 0.243 e. The first-order valence-corrected chi connectivity index (χ1v) is 8.35. The number of nitrogen functional groups attached to an aromatic ring is 1. The predicted octanol–water partition coefficient (Wildman–Crippen LogP) is 2.56. The van der Waals surface area contributed by atoms with E-state index in [0.29, 0.717) is 6.54 Å². The molecule has 0 bridgehead atoms. The van der Waals surface area contributed by atoms with Crippen molar-refractivity contribution in [1.82, 2.24) is 4.31 Å². The molecule has 5 nitrogen and oxygen atoms in total. The molecular weight excluding hydrogens is 276 g/mol. The average Bonchev–Trinajstić information content (AvgIpc) is 2.37. The highest BCUT2D eigenvalue weighted by Gasteiger charge is 2.26. The molecule has 114 valence electrons. The summed E-state index contributed by atoms with van der Waals surface area (Å²) >= 11 is 0. The second-order valence-electron chi connectivity index (χ2n) is 5.14. The third-order valence-electron chi connectivity index (χ3n) is 3.16. The third-order valence-corrected chi connectivity index (χ3v) is 5.23. The lowest BCUT2D eigenvalue weighted by molar-refractivity contribution is 0.345. The molecule has 0 saturated carbocycles. The molecule has 20 heavy (non-hydrogen) atoms. The van der Waals surface area contributed by atoms with Crippen LogP contribution in [0.25, 0.3) is 0 Å². The van der Waals surface area contributed by atoms with Crippen LogP contribution in [0.15, 0.2) is 23.1 Å². The fraction of sp³-hybridized carbons (Fsp3) is 0.571. The zero-order valence-electron chi connectivity index (χ0n) is 12.3. The van der Waals surface area contributed by atoms with Crippen molar-refractivity contribution in [2.75, 3.05) is 12.3 Å². The van der Waals surface area contributed by atoms with Gasteiger partial charge in [0, 0.05) is 12.6 Å². The first-order chi connectivity index (χ1) is 9.30. The van der Waals surface area contributed by atoms with Crippen LogP contribution in [-0.4, -0.2) is 30.4 Å². The van der Waals surface area contributed by atoms with Crippen molar-refractivity contribution in [3.8, 4) is 5.75 Å². The van der Waals surface area contributed by atoms with E-state index in [9.17, 15) is 13.5 Å². The Labute approximate surface area is 121 Å². The Kier molecular flexibility index (Phi) is 5.83. The van der Waals surface area contributed by atoms with Crippen LogP contribution in [0.1, 0.15) is 40.0 Å². The van der Waals surface area contributed by atoms with Gasteiger partial charge in [-0.2, -0.15) is 4.31 Å². The molecule has 1 rings (SSSR count). The molecule has 0 radical (unpaired) electrons. The van der Waals surface area contributed by atoms with Gasteiger partial charge in [0.1, 0.15) is 5.75 Å². The molecule has 0 heterocycles. The minimum absolute atomic E-state index is 0.0725. The topological polar surface area (TPSA) is 83.6 Å². The van der Waals surface area contributed by atoms with Crippen LogP contribution in [0.3, 0.4) is 0 Å². The molecule has 0 spiro atoms. The van der Waals surface area contributed by atoms with Crippen LogP contribution < -0.4 is 5.73 Å². The van der Waals surface area contributed by atoms with Crippen LogP contribution in [0.2, 0.25) is 0 Å². The van der Waals surface area contributed by atoms with Crippen LogP contribution in [0, 0.1) is 0 Å². The van der Waals surface area contributed by atoms with E-state index in [1.165, 1.54) is 22.5 Å². The minimum atomic E-state index is -3.58. The highest BCUT2D eigenvalue weighted by molar-refractivity contribution is 7.89. The predicted molar refractivity (Wildman–Crippen MR) is 81.1 cm³/mol. The van der Waals surface area contributed by atoms with Crippen LogP contribution >= 0.6 is 0 Å². The fourth-order valence-corrected chi connectivity index (χ4v) is 3.71. The summed E-state index contributed by atoms with van der Waals surface area (Å²) < 4.78 is 26.7. The lowest BCUT2D eigenvalue weighted by Gasteiger charge is -2.26. The number of anilines is 1. The molecule has 0 aliphatic rings. The number of nitrogens with zero attached hydrogens (tertiary/aromatic N) is 1. The van der Waals surface area contributed by atoms with E-state index >= 15 is 0 Å². The van der Waals surface area contributed by atoms with Crippen LogP contribution in [0.5, 0.6) is 5.75 Å². The van der Waals surface area contributed by atoms with Crippen molar-refractivity contribution < 1.29 is 13.5 Å². The number of sulfonamides is 1. The van der Waals surface area contributed by atoms with Crippen molar-refractivity contribution in [2.45, 2.75) is 51.0 Å². The zero-order valence-corrected chi connectivity index (χ0v) is 13.2. The Balaban J connectivity index is 3.06. The van der Waals surface area contributed by atoms with Gasteiger partial charge < -0.3 is 10.8 Å². The summed E-state index contributed by atoms with van der Waals surface area (Å²) in [7, 11) is -3.58. The van der Waals surface area contributed by atoms with Gasteiger partial charge in [-0.15, -0.1) is 0 Å². The number of hydrogen-bond acceptors (Lipinski definition) is 4. The Hall–Kier alpha value is -1.27. The molecule has 0 atom stereocenters. The number of aromatic hydroxyl groups is 1. The Morgan fingerprint density at radius 1 is 1.30 bits per heavy atom. The molecule has 0 aliphatic carbocycles. The highest BCUT2D eigenvalue weighted by atomic mass is 32.2. The normalized spacial score (nSPS) is 12.2. The molecular formula is C14H24N2O3S. The van der Waals surface area contributed by atoms with E-state index in [0.717, 1.165) is 19.3 Å². The number of hydrogen-bond donors (Lipinski definition) is 2. The summed E-state index contributed by atoms with van der Waals surface area (Å²) in [4.78, 5) is 0.123. The standard InChI is InChI=1S/C14H24N2O3S/c1-4-5-6-9-16(11(2)3)20(18,19)12-7-8-14(17)13(15)10-12/h7-8,10-11,17H,4-6,9,15H2,1-3H3. The van der Waals surface area contributed by atoms with Crippen molar-refractivity contribution in [3.63, 3.8) is 0 Å². The second kappa shape index (κ2) is 6.95. The fourth-order valence-electron chi connectivity index (χ4n) is 2.00. The van der Waals surface area contributed by atoms with Crippen LogP contribution in [0.4, 0.5) is 5.69 Å². The van der Waals surface area contributed by atoms with Gasteiger partial charge in [0.05, 0.1) is 10.6 Å². The maximum absolute atomic E-state index is 12.6. The summed E-state index contributed by atoms with van der Waals surface area (Å²) in [6, 6.07) is 3.88. The highest BCUT2D eigenvalue weighted by Crippen LogP contribution is 2.26. The van der Waals surface area contributed by atoms with Crippen molar-refractivity contribution in [3.05, 3.63) is 18.2 Å². The summed E-state index contributed by atoms with van der Waals surface area (Å²) in [6.45, 7) is 6.28. The number of unbranched alkanes of at least 4 members (excludes halogenated alkanes) is 2. The molecule has 0 unspecified atom stereocenters. The van der Waals surface area contributed by atoms with E-state index < -0.39 is 10.0 Å². The Morgan fingerprint density at radius 3 is 2.45 bits per heavy atom. The molecule has 0 aliphatic heterocycles. The molecule has 1 aromatic carbocycles. The Bertz CT molecular complexity index is 541. The molecule has 6 heteroatoms. The summed E-state index contributed by atoms with van der Waals surface area (Å²) in [5.74, 6) is -0.106. The first-order valence-electron chi connectivity index (χ1n) is 6.91. The Morgan fingerprint density at radius 2 is 1.95 bits per heavy atom. The van der Waals surface area contributed by atoms with Crippen molar-refractivity contribution in [2.24, 2.45) is 0 Å². The van der Waals surface area contributed by atoms with Gasteiger partial charge in [0.15, 0.2) is 0 Å². The summed E-state index contributed by atoms with van der Waals surface area (Å²) in [5, 5.41) is 9.40. The minimum Gasteiger partial charge on any atom is -0.506 e. The van der Waals surface area contributed by atoms with Gasteiger partial charge in [-0.05, 0) is 38.5 Å². The SMILES string of the molecule is CCCCCN(C(C)C)S(=O)(=O)c1ccc(O)c(N)c1. The van der Waals surface area contributed by atoms with Crippen molar-refractivity contribution in [1.29, 1.82) is 0 Å². The smallest absolute Gasteiger partial charge is 0.243 e. The number of rotatable bonds is 7. The summed E-state index contributed by atoms with van der Waals surface area (Å²) in [5.41, 5.74) is 5.65. The third kappa shape index (κ3) is 3.86. The van der Waals surface area contributed by atoms with E-state index in [1.807, 2.05) is 13.8 Å². The van der Waals surface area contributed by atoms with Gasteiger partial charge in [0.2, 0.25) is 10.0 Å². The monoisotopic (exact) mass is 300 g/mol. The molecule has 0 aromatic heterocycles. The van der Waals surface area contributed by atoms with Gasteiger partial charge in [-0.25, -0.2) is 8.42 Å². The average molecular weight is 300 g/mol. The lowest BCUT2D eigenvalue weighted by atomic mass is 10.2. The zero-order chi connectivity index (χ0) is 15.3. The number of phenolic OH excluding ortho intramolecular Hbond substituents is 1. The van der Waals surface area contributed by atoms with Crippen LogP contribution in [-0.2, 0) is 10.0 Å². The largest absolute Gasteiger partial charge is 0.506 e. The summed E-state index contributed by atoms with van der Waals surface area (Å²) in [6.07, 6.45) is 2.87. The van der Waals surface area contributed by atoms with Crippen molar-refractivity contribution >= 4 is 15.7 Å². The number of benzene rings is 1. The lowest BCUT2D eigenvalue weighted by Crippen LogP contribution is -2.37. The van der Waals surface area contributed by atoms with Gasteiger partial charge in [-0.1, -0.05) is 19.8 Å². The molecule has 0 fully saturated rings. The van der Waals surface area contributed by atoms with Gasteiger partial charge in [-0.3, -0.25) is 0 Å². The van der Waals surface area contributed by atoms with E-state index in [1.54, 1.807) is 0 Å². The molecule has 3 N–H and O–H groups in total. The maximum atomic E-state index is 12.6. The van der Waals surface area contributed by atoms with Gasteiger partial charge in [0.25, 0.3) is 0 Å². The van der Waals surface area contributed by atoms with E-state index in [-0.39, 0.29) is 22.4 Å². The molecule has 0 amide bonds. The number of phenols is 1. The number of nitrogens with two attached hydrogens (primary N) is 1. The first kappa shape index (κ1) is 16.8. The molecule has 0 saturated heterocycles. The van der Waals surface area contributed by atoms with E-state index in [2.05, 4.69) is 6.92 Å². The molecule has 1 aromatic rings. The second-order valence-corrected chi connectivity index (χ2v) is 7.03.